The number of hydrogen-bond donors (Lipinski definition) is 2. The zero-order valence-electron chi connectivity index (χ0n) is 12.9. The molecule has 0 spiro atoms. The molecule has 0 bridgehead atoms. The van der Waals surface area contributed by atoms with Crippen LogP contribution in [0.15, 0.2) is 0 Å². The van der Waals surface area contributed by atoms with Crippen LogP contribution in [0.3, 0.4) is 0 Å². The molecule has 0 saturated heterocycles. The molecule has 3 unspecified atom stereocenters. The molecular formula is C15H23F3N2O2. The number of rotatable bonds is 7. The van der Waals surface area contributed by atoms with E-state index < -0.39 is 30.6 Å². The average Bonchev–Trinajstić information content (AvgIpc) is 3.29. The standard InChI is InChI=1S/C15H23F3N2O2/c1-8(10-3-4-10)13(21)19-7-12(15(16,17)18)20-14(22)9(2)11-5-6-11/h8-12H,3-7H2,1-2H3,(H,19,21)(H,20,22). The molecule has 2 saturated carbocycles. The molecule has 7 heteroatoms. The summed E-state index contributed by atoms with van der Waals surface area (Å²) >= 11 is 0. The summed E-state index contributed by atoms with van der Waals surface area (Å²) in [5.74, 6) is -1.16. The molecular weight excluding hydrogens is 297 g/mol. The van der Waals surface area contributed by atoms with Gasteiger partial charge in [-0.25, -0.2) is 0 Å². The summed E-state index contributed by atoms with van der Waals surface area (Å²) in [7, 11) is 0. The molecule has 2 amide bonds. The van der Waals surface area contributed by atoms with Gasteiger partial charge in [-0.1, -0.05) is 13.8 Å². The van der Waals surface area contributed by atoms with E-state index in [1.807, 2.05) is 5.32 Å². The number of carbonyl (C=O) groups is 2. The van der Waals surface area contributed by atoms with E-state index in [0.717, 1.165) is 25.7 Å². The molecule has 2 N–H and O–H groups in total. The van der Waals surface area contributed by atoms with Crippen molar-refractivity contribution in [3.63, 3.8) is 0 Å². The van der Waals surface area contributed by atoms with Gasteiger partial charge in [0, 0.05) is 18.4 Å². The van der Waals surface area contributed by atoms with Gasteiger partial charge < -0.3 is 10.6 Å². The van der Waals surface area contributed by atoms with E-state index in [1.54, 1.807) is 13.8 Å². The number of hydrogen-bond acceptors (Lipinski definition) is 2. The van der Waals surface area contributed by atoms with Gasteiger partial charge in [-0.05, 0) is 37.5 Å². The highest BCUT2D eigenvalue weighted by molar-refractivity contribution is 5.80. The summed E-state index contributed by atoms with van der Waals surface area (Å²) in [5, 5.41) is 4.36. The van der Waals surface area contributed by atoms with Crippen LogP contribution in [0.4, 0.5) is 13.2 Å². The van der Waals surface area contributed by atoms with Crippen molar-refractivity contribution in [2.75, 3.05) is 6.54 Å². The van der Waals surface area contributed by atoms with Crippen molar-refractivity contribution in [3.8, 4) is 0 Å². The summed E-state index contributed by atoms with van der Waals surface area (Å²) in [6, 6.07) is -2.03. The fraction of sp³-hybridized carbons (Fsp3) is 0.867. The van der Waals surface area contributed by atoms with Gasteiger partial charge >= 0.3 is 6.18 Å². The molecule has 0 aromatic carbocycles. The van der Waals surface area contributed by atoms with E-state index in [4.69, 9.17) is 0 Å². The molecule has 0 aliphatic heterocycles. The summed E-state index contributed by atoms with van der Waals surface area (Å²) in [4.78, 5) is 23.7. The molecule has 2 rings (SSSR count). The van der Waals surface area contributed by atoms with Crippen LogP contribution in [0.5, 0.6) is 0 Å². The lowest BCUT2D eigenvalue weighted by Crippen LogP contribution is -2.53. The number of halogens is 3. The predicted octanol–water partition coefficient (Wildman–Crippen LogP) is 2.24. The van der Waals surface area contributed by atoms with Crippen LogP contribution >= 0.6 is 0 Å². The first kappa shape index (κ1) is 17.1. The SMILES string of the molecule is CC(C(=O)NCC(NC(=O)C(C)C1CC1)C(F)(F)F)C1CC1. The van der Waals surface area contributed by atoms with Crippen LogP contribution < -0.4 is 10.6 Å². The molecule has 22 heavy (non-hydrogen) atoms. The number of nitrogens with one attached hydrogen (secondary N) is 2. The maximum Gasteiger partial charge on any atom is 0.410 e. The average molecular weight is 320 g/mol. The van der Waals surface area contributed by atoms with Crippen LogP contribution in [-0.4, -0.2) is 30.6 Å². The van der Waals surface area contributed by atoms with Gasteiger partial charge in [0.1, 0.15) is 6.04 Å². The van der Waals surface area contributed by atoms with Gasteiger partial charge in [-0.2, -0.15) is 13.2 Å². The van der Waals surface area contributed by atoms with Gasteiger partial charge in [-0.3, -0.25) is 9.59 Å². The monoisotopic (exact) mass is 320 g/mol. The fourth-order valence-electron chi connectivity index (χ4n) is 2.54. The Morgan fingerprint density at radius 3 is 1.86 bits per heavy atom. The minimum atomic E-state index is -4.57. The Bertz CT molecular complexity index is 431. The Hall–Kier alpha value is -1.27. The lowest BCUT2D eigenvalue weighted by atomic mass is 10.0. The van der Waals surface area contributed by atoms with Crippen LogP contribution in [0.1, 0.15) is 39.5 Å². The molecule has 0 heterocycles. The molecule has 2 aliphatic rings. The van der Waals surface area contributed by atoms with Crippen LogP contribution in [0.2, 0.25) is 0 Å². The van der Waals surface area contributed by atoms with Gasteiger partial charge in [0.25, 0.3) is 0 Å². The zero-order chi connectivity index (χ0) is 16.5. The van der Waals surface area contributed by atoms with Crippen LogP contribution in [-0.2, 0) is 9.59 Å². The summed E-state index contributed by atoms with van der Waals surface area (Å²) in [6.07, 6.45) is -0.892. The van der Waals surface area contributed by atoms with Gasteiger partial charge in [0.2, 0.25) is 11.8 Å². The number of alkyl halides is 3. The Morgan fingerprint density at radius 2 is 1.45 bits per heavy atom. The van der Waals surface area contributed by atoms with Gasteiger partial charge in [-0.15, -0.1) is 0 Å². The van der Waals surface area contributed by atoms with Crippen LogP contribution in [0, 0.1) is 23.7 Å². The molecule has 126 valence electrons. The van der Waals surface area contributed by atoms with Crippen LogP contribution in [0.25, 0.3) is 0 Å². The van der Waals surface area contributed by atoms with E-state index in [9.17, 15) is 22.8 Å². The van der Waals surface area contributed by atoms with Crippen molar-refractivity contribution < 1.29 is 22.8 Å². The first-order chi connectivity index (χ1) is 10.2. The molecule has 4 nitrogen and oxygen atoms in total. The minimum absolute atomic E-state index is 0.193. The highest BCUT2D eigenvalue weighted by atomic mass is 19.4. The first-order valence-corrected chi connectivity index (χ1v) is 7.85. The lowest BCUT2D eigenvalue weighted by molar-refractivity contribution is -0.163. The van der Waals surface area contributed by atoms with Crippen molar-refractivity contribution in [1.29, 1.82) is 0 Å². The van der Waals surface area contributed by atoms with Crippen molar-refractivity contribution in [3.05, 3.63) is 0 Å². The molecule has 0 aromatic heterocycles. The van der Waals surface area contributed by atoms with E-state index in [-0.39, 0.29) is 23.7 Å². The van der Waals surface area contributed by atoms with Crippen molar-refractivity contribution in [2.45, 2.75) is 51.7 Å². The molecule has 3 atom stereocenters. The Kier molecular flexibility index (Phi) is 5.02. The van der Waals surface area contributed by atoms with Crippen molar-refractivity contribution >= 4 is 11.8 Å². The second-order valence-electron chi connectivity index (χ2n) is 6.60. The third-order valence-electron chi connectivity index (χ3n) is 4.68. The van der Waals surface area contributed by atoms with E-state index >= 15 is 0 Å². The maximum absolute atomic E-state index is 13.0. The summed E-state index contributed by atoms with van der Waals surface area (Å²) < 4.78 is 39.1. The second kappa shape index (κ2) is 6.46. The Labute approximate surface area is 128 Å². The minimum Gasteiger partial charge on any atom is -0.353 e. The maximum atomic E-state index is 13.0. The highest BCUT2D eigenvalue weighted by Crippen LogP contribution is 2.37. The predicted molar refractivity (Wildman–Crippen MR) is 74.8 cm³/mol. The quantitative estimate of drug-likeness (QED) is 0.756. The molecule has 2 fully saturated rings. The topological polar surface area (TPSA) is 58.2 Å². The second-order valence-corrected chi connectivity index (χ2v) is 6.60. The van der Waals surface area contributed by atoms with E-state index in [1.165, 1.54) is 0 Å². The van der Waals surface area contributed by atoms with E-state index in [0.29, 0.717) is 0 Å². The lowest BCUT2D eigenvalue weighted by Gasteiger charge is -2.24. The number of carbonyl (C=O) groups excluding carboxylic acids is 2. The largest absolute Gasteiger partial charge is 0.410 e. The van der Waals surface area contributed by atoms with E-state index in [2.05, 4.69) is 5.32 Å². The smallest absolute Gasteiger partial charge is 0.353 e. The fourth-order valence-corrected chi connectivity index (χ4v) is 2.54. The van der Waals surface area contributed by atoms with Gasteiger partial charge in [0.15, 0.2) is 0 Å². The number of amides is 2. The molecule has 0 radical (unpaired) electrons. The summed E-state index contributed by atoms with van der Waals surface area (Å²) in [5.41, 5.74) is 0. The first-order valence-electron chi connectivity index (χ1n) is 7.85. The summed E-state index contributed by atoms with van der Waals surface area (Å²) in [6.45, 7) is 2.76. The van der Waals surface area contributed by atoms with Crippen molar-refractivity contribution in [1.82, 2.24) is 10.6 Å². The Balaban J connectivity index is 1.85. The highest BCUT2D eigenvalue weighted by Gasteiger charge is 2.43. The molecule has 2 aliphatic carbocycles. The molecule has 0 aromatic rings. The normalized spacial score (nSPS) is 22.6. The third kappa shape index (κ3) is 4.61. The Morgan fingerprint density at radius 1 is 1.00 bits per heavy atom. The third-order valence-corrected chi connectivity index (χ3v) is 4.68. The van der Waals surface area contributed by atoms with Crippen molar-refractivity contribution in [2.24, 2.45) is 23.7 Å². The zero-order valence-corrected chi connectivity index (χ0v) is 12.9. The van der Waals surface area contributed by atoms with Gasteiger partial charge in [0.05, 0.1) is 0 Å².